The van der Waals surface area contributed by atoms with Gasteiger partial charge in [-0.05, 0) is 42.8 Å². The number of ether oxygens (including phenoxy) is 1. The van der Waals surface area contributed by atoms with Crippen LogP contribution in [0.4, 0.5) is 14.5 Å². The van der Waals surface area contributed by atoms with Crippen molar-refractivity contribution in [2.75, 3.05) is 5.32 Å². The number of carbonyl (C=O) groups excluding carboxylic acids is 1. The van der Waals surface area contributed by atoms with Gasteiger partial charge in [0, 0.05) is 0 Å². The Morgan fingerprint density at radius 3 is 2.27 bits per heavy atom. The van der Waals surface area contributed by atoms with E-state index < -0.39 is 23.5 Å². The molecule has 0 bridgehead atoms. The van der Waals surface area contributed by atoms with Gasteiger partial charge in [-0.15, -0.1) is 0 Å². The van der Waals surface area contributed by atoms with Crippen molar-refractivity contribution in [2.24, 2.45) is 0 Å². The summed E-state index contributed by atoms with van der Waals surface area (Å²) >= 11 is 0. The Kier molecular flexibility index (Phi) is 5.27. The second-order valence-corrected chi connectivity index (χ2v) is 5.76. The quantitative estimate of drug-likeness (QED) is 0.658. The summed E-state index contributed by atoms with van der Waals surface area (Å²) in [4.78, 5) is 12.5. The van der Waals surface area contributed by atoms with Gasteiger partial charge in [0.25, 0.3) is 0 Å². The number of anilines is 1. The van der Waals surface area contributed by atoms with Crippen LogP contribution in [0.1, 0.15) is 18.4 Å². The highest BCUT2D eigenvalue weighted by molar-refractivity contribution is 5.97. The average molecular weight is 353 g/mol. The molecule has 0 saturated heterocycles. The van der Waals surface area contributed by atoms with E-state index in [2.05, 4.69) is 5.32 Å². The molecule has 0 aliphatic carbocycles. The third-order valence-corrected chi connectivity index (χ3v) is 3.96. The molecule has 0 aliphatic rings. The third-order valence-electron chi connectivity index (χ3n) is 3.96. The van der Waals surface area contributed by atoms with E-state index in [1.165, 1.54) is 24.3 Å². The molecule has 3 aromatic rings. The number of amides is 1. The number of carbonyl (C=O) groups is 1. The van der Waals surface area contributed by atoms with E-state index in [1.807, 2.05) is 6.07 Å². The zero-order valence-corrected chi connectivity index (χ0v) is 14.1. The molecule has 0 heterocycles. The zero-order chi connectivity index (χ0) is 18.5. The predicted molar refractivity (Wildman–Crippen MR) is 96.4 cm³/mol. The smallest absolute Gasteiger partial charge is 0.231 e. The minimum Gasteiger partial charge on any atom is -0.455 e. The van der Waals surface area contributed by atoms with Crippen molar-refractivity contribution < 1.29 is 18.3 Å². The maximum Gasteiger partial charge on any atom is 0.231 e. The van der Waals surface area contributed by atoms with E-state index in [1.54, 1.807) is 49.4 Å². The Bertz CT molecular complexity index is 913. The highest BCUT2D eigenvalue weighted by atomic mass is 19.1. The van der Waals surface area contributed by atoms with Crippen LogP contribution in [0.5, 0.6) is 11.5 Å². The minimum atomic E-state index is -0.791. The first-order chi connectivity index (χ1) is 12.6. The molecule has 1 N–H and O–H groups in total. The molecule has 0 spiro atoms. The summed E-state index contributed by atoms with van der Waals surface area (Å²) in [5, 5.41) is 2.52. The van der Waals surface area contributed by atoms with Gasteiger partial charge >= 0.3 is 0 Å². The van der Waals surface area contributed by atoms with Crippen molar-refractivity contribution in [3.8, 4) is 11.5 Å². The highest BCUT2D eigenvalue weighted by Gasteiger charge is 2.21. The molecular formula is C21H17F2NO2. The molecule has 0 radical (unpaired) electrons. The fraction of sp³-hybridized carbons (Fsp3) is 0.0952. The van der Waals surface area contributed by atoms with Gasteiger partial charge in [-0.2, -0.15) is 0 Å². The molecule has 3 rings (SSSR count). The van der Waals surface area contributed by atoms with Gasteiger partial charge in [0.15, 0.2) is 11.6 Å². The van der Waals surface area contributed by atoms with E-state index >= 15 is 0 Å². The lowest BCUT2D eigenvalue weighted by molar-refractivity contribution is -0.117. The molecule has 0 aliphatic heterocycles. The lowest BCUT2D eigenvalue weighted by atomic mass is 9.99. The monoisotopic (exact) mass is 353 g/mol. The van der Waals surface area contributed by atoms with Crippen molar-refractivity contribution in [1.29, 1.82) is 0 Å². The number of halogens is 2. The van der Waals surface area contributed by atoms with Gasteiger partial charge in [0.1, 0.15) is 17.3 Å². The van der Waals surface area contributed by atoms with Crippen molar-refractivity contribution in [3.05, 3.63) is 90.0 Å². The Labute approximate surface area is 150 Å². The Hall–Kier alpha value is -3.21. The van der Waals surface area contributed by atoms with Crippen LogP contribution >= 0.6 is 0 Å². The predicted octanol–water partition coefficient (Wildman–Crippen LogP) is 5.50. The molecule has 26 heavy (non-hydrogen) atoms. The lowest BCUT2D eigenvalue weighted by Gasteiger charge is -2.16. The van der Waals surface area contributed by atoms with Gasteiger partial charge in [-0.1, -0.05) is 42.5 Å². The van der Waals surface area contributed by atoms with E-state index in [0.717, 1.165) is 0 Å². The highest BCUT2D eigenvalue weighted by Crippen LogP contribution is 2.32. The Morgan fingerprint density at radius 1 is 0.885 bits per heavy atom. The summed E-state index contributed by atoms with van der Waals surface area (Å²) in [6.45, 7) is 1.56. The molecule has 132 valence electrons. The van der Waals surface area contributed by atoms with Crippen molar-refractivity contribution in [3.63, 3.8) is 0 Å². The van der Waals surface area contributed by atoms with E-state index in [0.29, 0.717) is 5.75 Å². The largest absolute Gasteiger partial charge is 0.455 e. The van der Waals surface area contributed by atoms with Gasteiger partial charge in [-0.25, -0.2) is 8.78 Å². The first-order valence-corrected chi connectivity index (χ1v) is 8.13. The number of rotatable bonds is 5. The topological polar surface area (TPSA) is 38.3 Å². The summed E-state index contributed by atoms with van der Waals surface area (Å²) in [6.07, 6.45) is 0. The number of hydrogen-bond acceptors (Lipinski definition) is 2. The van der Waals surface area contributed by atoms with Crippen LogP contribution in [0.2, 0.25) is 0 Å². The van der Waals surface area contributed by atoms with Crippen LogP contribution in [-0.4, -0.2) is 5.91 Å². The van der Waals surface area contributed by atoms with Crippen LogP contribution in [0.3, 0.4) is 0 Å². The van der Waals surface area contributed by atoms with Gasteiger partial charge in [0.2, 0.25) is 5.91 Å². The second-order valence-electron chi connectivity index (χ2n) is 5.76. The molecule has 3 aromatic carbocycles. The molecule has 0 aromatic heterocycles. The Balaban J connectivity index is 1.85. The molecule has 5 heteroatoms. The summed E-state index contributed by atoms with van der Waals surface area (Å²) < 4.78 is 33.9. The summed E-state index contributed by atoms with van der Waals surface area (Å²) in [6, 6.07) is 19.1. The first-order valence-electron chi connectivity index (χ1n) is 8.13. The van der Waals surface area contributed by atoms with Crippen molar-refractivity contribution in [2.45, 2.75) is 12.8 Å². The standard InChI is InChI=1S/C21H17F2NO2/c1-14(16-10-5-6-11-17(16)22)21(25)24-20-18(23)12-7-13-19(20)26-15-8-3-2-4-9-15/h2-14H,1H3,(H,24,25). The fourth-order valence-electron chi connectivity index (χ4n) is 2.53. The number of nitrogens with one attached hydrogen (secondary N) is 1. The molecule has 1 unspecified atom stereocenters. The van der Waals surface area contributed by atoms with Crippen molar-refractivity contribution in [1.82, 2.24) is 0 Å². The van der Waals surface area contributed by atoms with Crippen LogP contribution < -0.4 is 10.1 Å². The maximum absolute atomic E-state index is 14.3. The molecule has 1 atom stereocenters. The van der Waals surface area contributed by atoms with Crippen molar-refractivity contribution >= 4 is 11.6 Å². The minimum absolute atomic E-state index is 0.0791. The van der Waals surface area contributed by atoms with Gasteiger partial charge < -0.3 is 10.1 Å². The molecular weight excluding hydrogens is 336 g/mol. The van der Waals surface area contributed by atoms with Crippen LogP contribution in [-0.2, 0) is 4.79 Å². The van der Waals surface area contributed by atoms with E-state index in [-0.39, 0.29) is 17.0 Å². The maximum atomic E-state index is 14.3. The second kappa shape index (κ2) is 7.78. The third kappa shape index (κ3) is 3.88. The normalized spacial score (nSPS) is 11.7. The summed E-state index contributed by atoms with van der Waals surface area (Å²) in [7, 11) is 0. The number of benzene rings is 3. The molecule has 3 nitrogen and oxygen atoms in total. The molecule has 1 amide bonds. The lowest BCUT2D eigenvalue weighted by Crippen LogP contribution is -2.20. The zero-order valence-electron chi connectivity index (χ0n) is 14.1. The number of para-hydroxylation sites is 2. The average Bonchev–Trinajstić information content (AvgIpc) is 2.65. The summed E-state index contributed by atoms with van der Waals surface area (Å²) in [5.41, 5.74) is 0.163. The first kappa shape index (κ1) is 17.6. The fourth-order valence-corrected chi connectivity index (χ4v) is 2.53. The molecule has 0 fully saturated rings. The summed E-state index contributed by atoms with van der Waals surface area (Å²) in [5.74, 6) is -1.75. The van der Waals surface area contributed by atoms with Crippen LogP contribution in [0, 0.1) is 11.6 Å². The van der Waals surface area contributed by atoms with Gasteiger partial charge in [-0.3, -0.25) is 4.79 Å². The van der Waals surface area contributed by atoms with E-state index in [4.69, 9.17) is 4.74 Å². The van der Waals surface area contributed by atoms with Crippen LogP contribution in [0.25, 0.3) is 0 Å². The van der Waals surface area contributed by atoms with Gasteiger partial charge in [0.05, 0.1) is 5.92 Å². The number of hydrogen-bond donors (Lipinski definition) is 1. The van der Waals surface area contributed by atoms with Crippen LogP contribution in [0.15, 0.2) is 72.8 Å². The SMILES string of the molecule is CC(C(=O)Nc1c(F)cccc1Oc1ccccc1)c1ccccc1F. The Morgan fingerprint density at radius 2 is 1.54 bits per heavy atom. The van der Waals surface area contributed by atoms with E-state index in [9.17, 15) is 13.6 Å². The molecule has 0 saturated carbocycles.